The van der Waals surface area contributed by atoms with Crippen LogP contribution in [0.2, 0.25) is 0 Å². The minimum Gasteiger partial charge on any atom is -0.446 e. The number of hydrogen-bond donors (Lipinski definition) is 1. The molecule has 0 bridgehead atoms. The van der Waals surface area contributed by atoms with E-state index in [4.69, 9.17) is 10.2 Å². The fraction of sp³-hybridized carbons (Fsp3) is 0.500. The molecule has 2 N–H and O–H groups in total. The SMILES string of the molecule is Cc1nc(CN)c(C)o1. The highest BCUT2D eigenvalue weighted by atomic mass is 16.4. The molecule has 0 aliphatic heterocycles. The summed E-state index contributed by atoms with van der Waals surface area (Å²) in [6.45, 7) is 4.14. The molecule has 0 aliphatic rings. The highest BCUT2D eigenvalue weighted by Crippen LogP contribution is 2.06. The van der Waals surface area contributed by atoms with Crippen molar-refractivity contribution in [2.75, 3.05) is 0 Å². The van der Waals surface area contributed by atoms with Crippen molar-refractivity contribution in [1.82, 2.24) is 4.98 Å². The van der Waals surface area contributed by atoms with E-state index in [9.17, 15) is 0 Å². The zero-order valence-corrected chi connectivity index (χ0v) is 5.64. The molecule has 0 saturated heterocycles. The standard InChI is InChI=1S/C6H10N2O/c1-4-6(3-7)8-5(2)9-4/h3,7H2,1-2H3. The van der Waals surface area contributed by atoms with Gasteiger partial charge in [0, 0.05) is 13.5 Å². The molecule has 1 heterocycles. The Morgan fingerprint density at radius 2 is 2.22 bits per heavy atom. The maximum Gasteiger partial charge on any atom is 0.191 e. The van der Waals surface area contributed by atoms with Gasteiger partial charge in [0.05, 0.1) is 5.69 Å². The zero-order chi connectivity index (χ0) is 6.85. The Labute approximate surface area is 53.9 Å². The molecule has 0 amide bonds. The Balaban J connectivity index is 3.01. The van der Waals surface area contributed by atoms with Crippen LogP contribution in [0.1, 0.15) is 17.3 Å². The lowest BCUT2D eigenvalue weighted by atomic mass is 10.4. The number of hydrogen-bond acceptors (Lipinski definition) is 3. The van der Waals surface area contributed by atoms with Crippen molar-refractivity contribution in [1.29, 1.82) is 0 Å². The Morgan fingerprint density at radius 1 is 1.56 bits per heavy atom. The summed E-state index contributed by atoms with van der Waals surface area (Å²) in [5.74, 6) is 1.52. The van der Waals surface area contributed by atoms with Crippen molar-refractivity contribution >= 4 is 0 Å². The molecule has 0 unspecified atom stereocenters. The van der Waals surface area contributed by atoms with E-state index in [0.29, 0.717) is 12.4 Å². The first kappa shape index (κ1) is 6.29. The smallest absolute Gasteiger partial charge is 0.191 e. The average molecular weight is 126 g/mol. The van der Waals surface area contributed by atoms with Crippen molar-refractivity contribution in [3.8, 4) is 0 Å². The van der Waals surface area contributed by atoms with Crippen LogP contribution >= 0.6 is 0 Å². The van der Waals surface area contributed by atoms with Gasteiger partial charge < -0.3 is 10.2 Å². The molecule has 0 aromatic carbocycles. The van der Waals surface area contributed by atoms with Gasteiger partial charge in [-0.05, 0) is 6.92 Å². The fourth-order valence-electron chi connectivity index (χ4n) is 0.761. The molecule has 0 atom stereocenters. The monoisotopic (exact) mass is 126 g/mol. The van der Waals surface area contributed by atoms with Crippen LogP contribution in [0.15, 0.2) is 4.42 Å². The summed E-state index contributed by atoms with van der Waals surface area (Å²) in [5, 5.41) is 0. The van der Waals surface area contributed by atoms with Crippen LogP contribution in [0.4, 0.5) is 0 Å². The topological polar surface area (TPSA) is 52.0 Å². The molecule has 3 heteroatoms. The third-order valence-corrected chi connectivity index (χ3v) is 1.19. The minimum atomic E-state index is 0.461. The second-order valence-corrected chi connectivity index (χ2v) is 1.94. The van der Waals surface area contributed by atoms with Gasteiger partial charge in [-0.15, -0.1) is 0 Å². The van der Waals surface area contributed by atoms with Crippen LogP contribution < -0.4 is 5.73 Å². The van der Waals surface area contributed by atoms with Gasteiger partial charge in [-0.3, -0.25) is 0 Å². The molecule has 0 radical (unpaired) electrons. The van der Waals surface area contributed by atoms with Gasteiger partial charge in [-0.1, -0.05) is 0 Å². The van der Waals surface area contributed by atoms with Crippen molar-refractivity contribution in [3.63, 3.8) is 0 Å². The van der Waals surface area contributed by atoms with E-state index >= 15 is 0 Å². The highest BCUT2D eigenvalue weighted by Gasteiger charge is 2.01. The molecule has 3 nitrogen and oxygen atoms in total. The highest BCUT2D eigenvalue weighted by molar-refractivity contribution is 5.06. The summed E-state index contributed by atoms with van der Waals surface area (Å²) in [7, 11) is 0. The third-order valence-electron chi connectivity index (χ3n) is 1.19. The molecule has 1 aromatic rings. The first-order valence-corrected chi connectivity index (χ1v) is 2.87. The predicted molar refractivity (Wildman–Crippen MR) is 33.9 cm³/mol. The van der Waals surface area contributed by atoms with E-state index in [2.05, 4.69) is 4.98 Å². The van der Waals surface area contributed by atoms with E-state index in [-0.39, 0.29) is 0 Å². The van der Waals surface area contributed by atoms with Crippen LogP contribution in [0.25, 0.3) is 0 Å². The van der Waals surface area contributed by atoms with Gasteiger partial charge >= 0.3 is 0 Å². The van der Waals surface area contributed by atoms with Gasteiger partial charge in [-0.2, -0.15) is 0 Å². The lowest BCUT2D eigenvalue weighted by molar-refractivity contribution is 0.493. The van der Waals surface area contributed by atoms with Crippen molar-refractivity contribution in [2.24, 2.45) is 5.73 Å². The van der Waals surface area contributed by atoms with Crippen molar-refractivity contribution < 1.29 is 4.42 Å². The van der Waals surface area contributed by atoms with Crippen LogP contribution in [0, 0.1) is 13.8 Å². The summed E-state index contributed by atoms with van der Waals surface area (Å²) in [5.41, 5.74) is 6.20. The Bertz CT molecular complexity index is 205. The molecule has 0 aliphatic carbocycles. The van der Waals surface area contributed by atoms with E-state index in [1.807, 2.05) is 13.8 Å². The summed E-state index contributed by atoms with van der Waals surface area (Å²) >= 11 is 0. The number of aryl methyl sites for hydroxylation is 2. The molecule has 1 aromatic heterocycles. The van der Waals surface area contributed by atoms with E-state index in [1.54, 1.807) is 0 Å². The normalized spacial score (nSPS) is 10.1. The van der Waals surface area contributed by atoms with E-state index in [1.165, 1.54) is 0 Å². The second kappa shape index (κ2) is 2.19. The first-order chi connectivity index (χ1) is 4.24. The zero-order valence-electron chi connectivity index (χ0n) is 5.64. The van der Waals surface area contributed by atoms with Crippen LogP contribution in [0.3, 0.4) is 0 Å². The molecular formula is C6H10N2O. The second-order valence-electron chi connectivity index (χ2n) is 1.94. The Hall–Kier alpha value is -0.830. The van der Waals surface area contributed by atoms with E-state index in [0.717, 1.165) is 11.5 Å². The van der Waals surface area contributed by atoms with E-state index < -0.39 is 0 Å². The summed E-state index contributed by atoms with van der Waals surface area (Å²) < 4.78 is 5.11. The third kappa shape index (κ3) is 1.10. The molecule has 0 saturated carbocycles. The maximum absolute atomic E-state index is 5.34. The lowest BCUT2D eigenvalue weighted by Gasteiger charge is -1.84. The molecule has 50 valence electrons. The van der Waals surface area contributed by atoms with Gasteiger partial charge in [0.2, 0.25) is 0 Å². The van der Waals surface area contributed by atoms with Gasteiger partial charge in [0.25, 0.3) is 0 Å². The van der Waals surface area contributed by atoms with Gasteiger partial charge in [0.1, 0.15) is 5.76 Å². The van der Waals surface area contributed by atoms with Crippen LogP contribution in [-0.4, -0.2) is 4.98 Å². The molecule has 1 rings (SSSR count). The largest absolute Gasteiger partial charge is 0.446 e. The van der Waals surface area contributed by atoms with Gasteiger partial charge in [-0.25, -0.2) is 4.98 Å². The van der Waals surface area contributed by atoms with Crippen LogP contribution in [-0.2, 0) is 6.54 Å². The molecular weight excluding hydrogens is 116 g/mol. The number of rotatable bonds is 1. The summed E-state index contributed by atoms with van der Waals surface area (Å²) in [6.07, 6.45) is 0. The molecule has 0 fully saturated rings. The summed E-state index contributed by atoms with van der Waals surface area (Å²) in [4.78, 5) is 4.04. The number of nitrogens with two attached hydrogens (primary N) is 1. The fourth-order valence-corrected chi connectivity index (χ4v) is 0.761. The minimum absolute atomic E-state index is 0.461. The quantitative estimate of drug-likeness (QED) is 0.604. The molecule has 9 heavy (non-hydrogen) atoms. The predicted octanol–water partition coefficient (Wildman–Crippen LogP) is 0.750. The Morgan fingerprint density at radius 3 is 2.44 bits per heavy atom. The number of nitrogens with zero attached hydrogens (tertiary/aromatic N) is 1. The lowest BCUT2D eigenvalue weighted by Crippen LogP contribution is -1.97. The average Bonchev–Trinajstić information content (AvgIpc) is 2.10. The van der Waals surface area contributed by atoms with Crippen molar-refractivity contribution in [3.05, 3.63) is 17.3 Å². The Kier molecular flexibility index (Phi) is 1.53. The number of oxazole rings is 1. The number of aromatic nitrogens is 1. The maximum atomic E-state index is 5.34. The van der Waals surface area contributed by atoms with Crippen molar-refractivity contribution in [2.45, 2.75) is 20.4 Å². The first-order valence-electron chi connectivity index (χ1n) is 2.87. The summed E-state index contributed by atoms with van der Waals surface area (Å²) in [6, 6.07) is 0. The van der Waals surface area contributed by atoms with Gasteiger partial charge in [0.15, 0.2) is 5.89 Å². The molecule has 0 spiro atoms. The van der Waals surface area contributed by atoms with Crippen LogP contribution in [0.5, 0.6) is 0 Å².